The molecule has 100 valence electrons. The quantitative estimate of drug-likeness (QED) is 0.906. The molecule has 4 heteroatoms. The molecular weight excluding hydrogens is 242 g/mol. The van der Waals surface area contributed by atoms with E-state index >= 15 is 0 Å². The van der Waals surface area contributed by atoms with Crippen LogP contribution in [0.15, 0.2) is 18.3 Å². The van der Waals surface area contributed by atoms with Crippen LogP contribution in [0.2, 0.25) is 0 Å². The molecule has 2 heterocycles. The molecule has 3 nitrogen and oxygen atoms in total. The van der Waals surface area contributed by atoms with Crippen molar-refractivity contribution >= 4 is 17.4 Å². The van der Waals surface area contributed by atoms with Crippen molar-refractivity contribution in [2.24, 2.45) is 0 Å². The third kappa shape index (κ3) is 3.89. The number of rotatable bonds is 4. The molecule has 0 aromatic carbocycles. The maximum atomic E-state index is 4.48. The van der Waals surface area contributed by atoms with Gasteiger partial charge in [-0.1, -0.05) is 13.8 Å². The third-order valence-electron chi connectivity index (χ3n) is 3.08. The maximum absolute atomic E-state index is 4.48. The van der Waals surface area contributed by atoms with Crippen molar-refractivity contribution in [3.05, 3.63) is 24.0 Å². The standard InChI is InChI=1S/C14H23N3S/c1-4-15-13-5-6-16-14(7-13)10-17-8-11(2)18-12(3)9-17/h5-7,11-12H,4,8-10H2,1-3H3,(H,15,16). The number of anilines is 1. The van der Waals surface area contributed by atoms with Gasteiger partial charge in [0.1, 0.15) is 0 Å². The van der Waals surface area contributed by atoms with Crippen LogP contribution in [0.4, 0.5) is 5.69 Å². The Balaban J connectivity index is 1.97. The van der Waals surface area contributed by atoms with Crippen LogP contribution >= 0.6 is 11.8 Å². The lowest BCUT2D eigenvalue weighted by Crippen LogP contribution is -2.39. The van der Waals surface area contributed by atoms with Gasteiger partial charge in [0, 0.05) is 48.6 Å². The lowest BCUT2D eigenvalue weighted by atomic mass is 10.2. The van der Waals surface area contributed by atoms with Gasteiger partial charge in [-0.15, -0.1) is 0 Å². The molecule has 1 N–H and O–H groups in total. The molecule has 1 aliphatic rings. The van der Waals surface area contributed by atoms with E-state index in [0.717, 1.165) is 23.6 Å². The van der Waals surface area contributed by atoms with Crippen molar-refractivity contribution in [3.63, 3.8) is 0 Å². The minimum Gasteiger partial charge on any atom is -0.385 e. The number of hydrogen-bond donors (Lipinski definition) is 1. The Bertz CT molecular complexity index is 373. The first-order chi connectivity index (χ1) is 8.67. The van der Waals surface area contributed by atoms with Gasteiger partial charge in [0.05, 0.1) is 5.69 Å². The van der Waals surface area contributed by atoms with Crippen molar-refractivity contribution in [2.45, 2.75) is 37.8 Å². The van der Waals surface area contributed by atoms with Crippen LogP contribution in [0.3, 0.4) is 0 Å². The predicted octanol–water partition coefficient (Wildman–Crippen LogP) is 2.84. The number of pyridine rings is 1. The summed E-state index contributed by atoms with van der Waals surface area (Å²) in [6.07, 6.45) is 1.90. The average molecular weight is 265 g/mol. The van der Waals surface area contributed by atoms with Crippen LogP contribution in [0.1, 0.15) is 26.5 Å². The van der Waals surface area contributed by atoms with Crippen LogP contribution in [0.5, 0.6) is 0 Å². The zero-order chi connectivity index (χ0) is 13.0. The summed E-state index contributed by atoms with van der Waals surface area (Å²) in [5.74, 6) is 0. The van der Waals surface area contributed by atoms with Gasteiger partial charge in [0.15, 0.2) is 0 Å². The topological polar surface area (TPSA) is 28.2 Å². The number of nitrogens with zero attached hydrogens (tertiary/aromatic N) is 2. The lowest BCUT2D eigenvalue weighted by Gasteiger charge is -2.34. The highest BCUT2D eigenvalue weighted by molar-refractivity contribution is 8.00. The molecule has 0 bridgehead atoms. The smallest absolute Gasteiger partial charge is 0.0564 e. The Kier molecular flexibility index (Phi) is 4.89. The van der Waals surface area contributed by atoms with Crippen molar-refractivity contribution in [2.75, 3.05) is 25.0 Å². The molecule has 0 radical (unpaired) electrons. The van der Waals surface area contributed by atoms with Crippen LogP contribution in [0, 0.1) is 0 Å². The maximum Gasteiger partial charge on any atom is 0.0564 e. The van der Waals surface area contributed by atoms with Crippen LogP contribution in [-0.2, 0) is 6.54 Å². The zero-order valence-corrected chi connectivity index (χ0v) is 12.3. The monoisotopic (exact) mass is 265 g/mol. The normalized spacial score (nSPS) is 25.1. The van der Waals surface area contributed by atoms with E-state index in [2.05, 4.69) is 53.8 Å². The van der Waals surface area contributed by atoms with Gasteiger partial charge in [-0.25, -0.2) is 0 Å². The minimum atomic E-state index is 0.727. The van der Waals surface area contributed by atoms with Gasteiger partial charge in [0.25, 0.3) is 0 Å². The molecule has 0 spiro atoms. The second kappa shape index (κ2) is 6.43. The van der Waals surface area contributed by atoms with Crippen molar-refractivity contribution in [1.82, 2.24) is 9.88 Å². The van der Waals surface area contributed by atoms with E-state index < -0.39 is 0 Å². The average Bonchev–Trinajstić information content (AvgIpc) is 2.28. The first-order valence-electron chi connectivity index (χ1n) is 6.74. The fourth-order valence-corrected chi connectivity index (χ4v) is 3.91. The third-order valence-corrected chi connectivity index (χ3v) is 4.31. The fraction of sp³-hybridized carbons (Fsp3) is 0.643. The van der Waals surface area contributed by atoms with E-state index in [1.807, 2.05) is 12.3 Å². The van der Waals surface area contributed by atoms with Gasteiger partial charge in [0.2, 0.25) is 0 Å². The molecule has 18 heavy (non-hydrogen) atoms. The summed E-state index contributed by atoms with van der Waals surface area (Å²) in [7, 11) is 0. The molecule has 1 fully saturated rings. The Morgan fingerprint density at radius 1 is 1.39 bits per heavy atom. The summed E-state index contributed by atoms with van der Waals surface area (Å²) in [5, 5.41) is 4.80. The van der Waals surface area contributed by atoms with Gasteiger partial charge >= 0.3 is 0 Å². The number of aromatic nitrogens is 1. The number of hydrogen-bond acceptors (Lipinski definition) is 4. The zero-order valence-electron chi connectivity index (χ0n) is 11.5. The SMILES string of the molecule is CCNc1ccnc(CN2CC(C)SC(C)C2)c1. The molecule has 1 saturated heterocycles. The van der Waals surface area contributed by atoms with Crippen LogP contribution in [-0.4, -0.2) is 40.0 Å². The molecule has 1 aromatic rings. The number of thioether (sulfide) groups is 1. The van der Waals surface area contributed by atoms with Crippen molar-refractivity contribution in [1.29, 1.82) is 0 Å². The summed E-state index contributed by atoms with van der Waals surface area (Å²) >= 11 is 2.09. The summed E-state index contributed by atoms with van der Waals surface area (Å²) in [4.78, 5) is 7.00. The highest BCUT2D eigenvalue weighted by Gasteiger charge is 2.22. The van der Waals surface area contributed by atoms with Gasteiger partial charge in [-0.3, -0.25) is 9.88 Å². The predicted molar refractivity (Wildman–Crippen MR) is 80.2 cm³/mol. The van der Waals surface area contributed by atoms with Gasteiger partial charge in [-0.05, 0) is 19.1 Å². The van der Waals surface area contributed by atoms with Crippen LogP contribution in [0.25, 0.3) is 0 Å². The Morgan fingerprint density at radius 3 is 2.78 bits per heavy atom. The highest BCUT2D eigenvalue weighted by Crippen LogP contribution is 2.25. The van der Waals surface area contributed by atoms with Gasteiger partial charge in [-0.2, -0.15) is 11.8 Å². The fourth-order valence-electron chi connectivity index (χ4n) is 2.52. The van der Waals surface area contributed by atoms with Gasteiger partial charge < -0.3 is 5.32 Å². The summed E-state index contributed by atoms with van der Waals surface area (Å²) in [6, 6.07) is 4.20. The summed E-state index contributed by atoms with van der Waals surface area (Å²) in [5.41, 5.74) is 2.34. The van der Waals surface area contributed by atoms with E-state index in [4.69, 9.17) is 0 Å². The molecule has 2 unspecified atom stereocenters. The largest absolute Gasteiger partial charge is 0.385 e. The van der Waals surface area contributed by atoms with Crippen molar-refractivity contribution in [3.8, 4) is 0 Å². The summed E-state index contributed by atoms with van der Waals surface area (Å²) < 4.78 is 0. The second-order valence-electron chi connectivity index (χ2n) is 5.02. The van der Waals surface area contributed by atoms with E-state index in [9.17, 15) is 0 Å². The number of nitrogens with one attached hydrogen (secondary N) is 1. The minimum absolute atomic E-state index is 0.727. The molecule has 2 atom stereocenters. The highest BCUT2D eigenvalue weighted by atomic mass is 32.2. The molecule has 0 amide bonds. The first-order valence-corrected chi connectivity index (χ1v) is 7.68. The van der Waals surface area contributed by atoms with E-state index in [-0.39, 0.29) is 0 Å². The molecular formula is C14H23N3S. The summed E-state index contributed by atoms with van der Waals surface area (Å²) in [6.45, 7) is 11.0. The Labute approximate surface area is 114 Å². The lowest BCUT2D eigenvalue weighted by molar-refractivity contribution is 0.260. The van der Waals surface area contributed by atoms with Crippen LogP contribution < -0.4 is 5.32 Å². The Morgan fingerprint density at radius 2 is 2.11 bits per heavy atom. The molecule has 1 aliphatic heterocycles. The molecule has 0 saturated carbocycles. The van der Waals surface area contributed by atoms with E-state index in [0.29, 0.717) is 0 Å². The second-order valence-corrected chi connectivity index (χ2v) is 6.90. The molecule has 1 aromatic heterocycles. The van der Waals surface area contributed by atoms with E-state index in [1.165, 1.54) is 24.5 Å². The first kappa shape index (κ1) is 13.7. The Hall–Kier alpha value is -0.740. The van der Waals surface area contributed by atoms with Crippen molar-refractivity contribution < 1.29 is 0 Å². The molecule has 0 aliphatic carbocycles. The molecule has 2 rings (SSSR count). The van der Waals surface area contributed by atoms with E-state index in [1.54, 1.807) is 0 Å².